The van der Waals surface area contributed by atoms with Gasteiger partial charge in [-0.2, -0.15) is 0 Å². The zero-order valence-electron chi connectivity index (χ0n) is 12.0. The highest BCUT2D eigenvalue weighted by atomic mass is 79.9. The molecule has 2 aromatic rings. The molecule has 0 aliphatic rings. The third-order valence-corrected chi connectivity index (χ3v) is 3.53. The third kappa shape index (κ3) is 4.26. The fourth-order valence-corrected chi connectivity index (χ4v) is 2.31. The van der Waals surface area contributed by atoms with Crippen LogP contribution in [-0.4, -0.2) is 25.5 Å². The lowest BCUT2D eigenvalue weighted by molar-refractivity contribution is 0.0590. The lowest BCUT2D eigenvalue weighted by Gasteiger charge is -2.08. The second-order valence-electron chi connectivity index (χ2n) is 4.58. The van der Waals surface area contributed by atoms with Crippen molar-refractivity contribution in [3.8, 4) is 0 Å². The van der Waals surface area contributed by atoms with Crippen molar-refractivity contribution in [3.05, 3.63) is 69.7 Å². The van der Waals surface area contributed by atoms with E-state index in [9.17, 15) is 9.59 Å². The molecule has 0 bridgehead atoms. The number of ketones is 1. The van der Waals surface area contributed by atoms with Gasteiger partial charge in [-0.05, 0) is 23.8 Å². The molecule has 4 nitrogen and oxygen atoms in total. The summed E-state index contributed by atoms with van der Waals surface area (Å²) in [6, 6.07) is 14.4. The van der Waals surface area contributed by atoms with Crippen molar-refractivity contribution in [2.45, 2.75) is 6.61 Å². The maximum atomic E-state index is 12.3. The summed E-state index contributed by atoms with van der Waals surface area (Å²) in [5.74, 6) is -0.809. The van der Waals surface area contributed by atoms with Crippen LogP contribution in [0.1, 0.15) is 26.3 Å². The lowest BCUT2D eigenvalue weighted by atomic mass is 10.0. The standard InChI is InChI=1S/C17H15BrO4/c1-21-17(20)14-8-7-13(18)9-15(14)16(19)11-22-10-12-5-3-2-4-6-12/h2-9H,10-11H2,1H3. The number of hydrogen-bond donors (Lipinski definition) is 0. The second kappa shape index (κ2) is 7.87. The molecular weight excluding hydrogens is 348 g/mol. The number of rotatable bonds is 6. The molecule has 0 saturated heterocycles. The summed E-state index contributed by atoms with van der Waals surface area (Å²) in [5.41, 5.74) is 1.51. The average Bonchev–Trinajstić information content (AvgIpc) is 2.55. The lowest BCUT2D eigenvalue weighted by Crippen LogP contribution is -2.15. The number of benzene rings is 2. The maximum absolute atomic E-state index is 12.3. The third-order valence-electron chi connectivity index (χ3n) is 3.03. The smallest absolute Gasteiger partial charge is 0.338 e. The first-order valence-electron chi connectivity index (χ1n) is 6.64. The minimum absolute atomic E-state index is 0.102. The van der Waals surface area contributed by atoms with Gasteiger partial charge in [0.15, 0.2) is 5.78 Å². The van der Waals surface area contributed by atoms with E-state index in [1.807, 2.05) is 30.3 Å². The summed E-state index contributed by atoms with van der Waals surface area (Å²) in [7, 11) is 1.28. The molecule has 0 aromatic heterocycles. The molecule has 0 radical (unpaired) electrons. The van der Waals surface area contributed by atoms with Gasteiger partial charge >= 0.3 is 5.97 Å². The number of ether oxygens (including phenoxy) is 2. The van der Waals surface area contributed by atoms with Crippen molar-refractivity contribution in [2.75, 3.05) is 13.7 Å². The predicted molar refractivity (Wildman–Crippen MR) is 85.9 cm³/mol. The Kier molecular flexibility index (Phi) is 5.86. The van der Waals surface area contributed by atoms with Crippen molar-refractivity contribution in [1.29, 1.82) is 0 Å². The molecule has 0 fully saturated rings. The van der Waals surface area contributed by atoms with Crippen molar-refractivity contribution < 1.29 is 19.1 Å². The number of methoxy groups -OCH3 is 1. The van der Waals surface area contributed by atoms with Gasteiger partial charge in [-0.25, -0.2) is 4.79 Å². The molecule has 2 rings (SSSR count). The Balaban J connectivity index is 2.06. The Bertz CT molecular complexity index is 668. The van der Waals surface area contributed by atoms with Gasteiger partial charge in [0.2, 0.25) is 0 Å². The summed E-state index contributed by atoms with van der Waals surface area (Å²) in [6.07, 6.45) is 0. The highest BCUT2D eigenvalue weighted by molar-refractivity contribution is 9.10. The van der Waals surface area contributed by atoms with Gasteiger partial charge in [-0.3, -0.25) is 4.79 Å². The van der Waals surface area contributed by atoms with Gasteiger partial charge in [0.1, 0.15) is 6.61 Å². The highest BCUT2D eigenvalue weighted by Gasteiger charge is 2.18. The van der Waals surface area contributed by atoms with Crippen LogP contribution >= 0.6 is 15.9 Å². The summed E-state index contributed by atoms with van der Waals surface area (Å²) < 4.78 is 10.8. The van der Waals surface area contributed by atoms with Gasteiger partial charge in [0.05, 0.1) is 19.3 Å². The molecule has 0 unspecified atom stereocenters. The van der Waals surface area contributed by atoms with Crippen LogP contribution in [0.25, 0.3) is 0 Å². The van der Waals surface area contributed by atoms with E-state index >= 15 is 0 Å². The van der Waals surface area contributed by atoms with E-state index in [1.54, 1.807) is 18.2 Å². The van der Waals surface area contributed by atoms with Gasteiger partial charge < -0.3 is 9.47 Å². The quantitative estimate of drug-likeness (QED) is 0.581. The number of carbonyl (C=O) groups is 2. The Morgan fingerprint density at radius 2 is 1.77 bits per heavy atom. The first kappa shape index (κ1) is 16.4. The summed E-state index contributed by atoms with van der Waals surface area (Å²) in [4.78, 5) is 24.0. The Labute approximate surface area is 137 Å². The first-order chi connectivity index (χ1) is 10.6. The van der Waals surface area contributed by atoms with Crippen LogP contribution in [0.3, 0.4) is 0 Å². The van der Waals surface area contributed by atoms with E-state index < -0.39 is 5.97 Å². The summed E-state index contributed by atoms with van der Waals surface area (Å²) in [5, 5.41) is 0. The van der Waals surface area contributed by atoms with Crippen LogP contribution in [0.4, 0.5) is 0 Å². The first-order valence-corrected chi connectivity index (χ1v) is 7.44. The van der Waals surface area contributed by atoms with Crippen molar-refractivity contribution in [1.82, 2.24) is 0 Å². The fourth-order valence-electron chi connectivity index (χ4n) is 1.95. The van der Waals surface area contributed by atoms with Gasteiger partial charge in [-0.15, -0.1) is 0 Å². The SMILES string of the molecule is COC(=O)c1ccc(Br)cc1C(=O)COCc1ccccc1. The van der Waals surface area contributed by atoms with E-state index in [-0.39, 0.29) is 23.5 Å². The Morgan fingerprint density at radius 1 is 1.05 bits per heavy atom. The van der Waals surface area contributed by atoms with Crippen LogP contribution in [0, 0.1) is 0 Å². The minimum Gasteiger partial charge on any atom is -0.465 e. The van der Waals surface area contributed by atoms with E-state index in [0.717, 1.165) is 5.56 Å². The molecule has 0 spiro atoms. The molecule has 0 heterocycles. The molecule has 0 aliphatic carbocycles. The predicted octanol–water partition coefficient (Wildman–Crippen LogP) is 3.64. The molecule has 2 aromatic carbocycles. The van der Waals surface area contributed by atoms with Crippen molar-refractivity contribution in [2.24, 2.45) is 0 Å². The van der Waals surface area contributed by atoms with Crippen LogP contribution in [-0.2, 0) is 16.1 Å². The molecule has 0 aliphatic heterocycles. The number of esters is 1. The van der Waals surface area contributed by atoms with Gasteiger partial charge in [0, 0.05) is 10.0 Å². The van der Waals surface area contributed by atoms with Gasteiger partial charge in [-0.1, -0.05) is 46.3 Å². The van der Waals surface area contributed by atoms with Crippen LogP contribution in [0.2, 0.25) is 0 Å². The summed E-state index contributed by atoms with van der Waals surface area (Å²) in [6.45, 7) is 0.240. The molecule has 0 N–H and O–H groups in total. The van der Waals surface area contributed by atoms with Crippen LogP contribution in [0.15, 0.2) is 53.0 Å². The van der Waals surface area contributed by atoms with Crippen LogP contribution < -0.4 is 0 Å². The van der Waals surface area contributed by atoms with E-state index in [2.05, 4.69) is 15.9 Å². The average molecular weight is 363 g/mol. The normalized spacial score (nSPS) is 10.3. The zero-order valence-corrected chi connectivity index (χ0v) is 13.6. The zero-order chi connectivity index (χ0) is 15.9. The molecule has 0 atom stereocenters. The number of Topliss-reactive ketones (excluding diaryl/α,β-unsaturated/α-hetero) is 1. The second-order valence-corrected chi connectivity index (χ2v) is 5.50. The highest BCUT2D eigenvalue weighted by Crippen LogP contribution is 2.18. The van der Waals surface area contributed by atoms with E-state index in [0.29, 0.717) is 11.1 Å². The van der Waals surface area contributed by atoms with Crippen molar-refractivity contribution in [3.63, 3.8) is 0 Å². The van der Waals surface area contributed by atoms with Gasteiger partial charge in [0.25, 0.3) is 0 Å². The fraction of sp³-hybridized carbons (Fsp3) is 0.176. The maximum Gasteiger partial charge on any atom is 0.338 e. The molecule has 0 saturated carbocycles. The van der Waals surface area contributed by atoms with Crippen molar-refractivity contribution >= 4 is 27.7 Å². The summed E-state index contributed by atoms with van der Waals surface area (Å²) >= 11 is 3.30. The molecular formula is C17H15BrO4. The Morgan fingerprint density at radius 3 is 2.45 bits per heavy atom. The molecule has 5 heteroatoms. The number of carbonyl (C=O) groups excluding carboxylic acids is 2. The van der Waals surface area contributed by atoms with E-state index in [1.165, 1.54) is 7.11 Å². The number of halogens is 1. The monoisotopic (exact) mass is 362 g/mol. The topological polar surface area (TPSA) is 52.6 Å². The largest absolute Gasteiger partial charge is 0.465 e. The molecule has 22 heavy (non-hydrogen) atoms. The minimum atomic E-state index is -0.543. The molecule has 114 valence electrons. The van der Waals surface area contributed by atoms with Crippen LogP contribution in [0.5, 0.6) is 0 Å². The number of hydrogen-bond acceptors (Lipinski definition) is 4. The Hall–Kier alpha value is -1.98. The molecule has 0 amide bonds. The van der Waals surface area contributed by atoms with E-state index in [4.69, 9.17) is 9.47 Å².